The molecule has 2 heterocycles. The molecule has 1 saturated heterocycles. The third-order valence-electron chi connectivity index (χ3n) is 5.29. The van der Waals surface area contributed by atoms with Gasteiger partial charge >= 0.3 is 0 Å². The average Bonchev–Trinajstić information content (AvgIpc) is 2.64. The SMILES string of the molecule is CC1CCCN(c2ncc(F)cc2F)C1.CCN(C=O)C1CCCCC1. The van der Waals surface area contributed by atoms with Crippen LogP contribution in [0.5, 0.6) is 0 Å². The number of hydrogen-bond acceptors (Lipinski definition) is 3. The van der Waals surface area contributed by atoms with Gasteiger partial charge in [-0.15, -0.1) is 0 Å². The van der Waals surface area contributed by atoms with Gasteiger partial charge in [0.25, 0.3) is 0 Å². The van der Waals surface area contributed by atoms with Gasteiger partial charge in [-0.05, 0) is 38.5 Å². The van der Waals surface area contributed by atoms with Gasteiger partial charge in [-0.1, -0.05) is 26.2 Å². The van der Waals surface area contributed by atoms with E-state index in [-0.39, 0.29) is 5.82 Å². The highest BCUT2D eigenvalue weighted by atomic mass is 19.1. The number of carbonyl (C=O) groups is 1. The van der Waals surface area contributed by atoms with Crippen molar-refractivity contribution in [2.24, 2.45) is 5.92 Å². The third kappa shape index (κ3) is 5.92. The minimum Gasteiger partial charge on any atom is -0.354 e. The number of pyridine rings is 1. The molecule has 0 N–H and O–H groups in total. The van der Waals surface area contributed by atoms with Crippen LogP contribution in [0.4, 0.5) is 14.6 Å². The molecule has 0 bridgehead atoms. The molecular formula is C20H31F2N3O. The van der Waals surface area contributed by atoms with Crippen molar-refractivity contribution in [2.45, 2.75) is 64.8 Å². The normalized spacial score (nSPS) is 20.9. The first kappa shape index (κ1) is 20.6. The van der Waals surface area contributed by atoms with Gasteiger partial charge in [0.1, 0.15) is 5.82 Å². The first-order valence-electron chi connectivity index (χ1n) is 9.82. The highest BCUT2D eigenvalue weighted by Crippen LogP contribution is 2.23. The zero-order chi connectivity index (χ0) is 18.9. The molecule has 0 aromatic carbocycles. The average molecular weight is 367 g/mol. The molecule has 2 fully saturated rings. The van der Waals surface area contributed by atoms with E-state index in [9.17, 15) is 13.6 Å². The highest BCUT2D eigenvalue weighted by molar-refractivity contribution is 5.47. The Hall–Kier alpha value is -1.72. The van der Waals surface area contributed by atoms with Crippen LogP contribution in [0.1, 0.15) is 58.8 Å². The number of amides is 1. The Bertz CT molecular complexity index is 564. The molecule has 1 aromatic rings. The molecule has 2 aliphatic rings. The number of anilines is 1. The van der Waals surface area contributed by atoms with Gasteiger partial charge in [0.05, 0.1) is 6.20 Å². The van der Waals surface area contributed by atoms with Crippen molar-refractivity contribution in [3.63, 3.8) is 0 Å². The van der Waals surface area contributed by atoms with Gasteiger partial charge < -0.3 is 9.80 Å². The maximum Gasteiger partial charge on any atom is 0.209 e. The fourth-order valence-electron chi connectivity index (χ4n) is 3.85. The molecule has 1 unspecified atom stereocenters. The molecule has 1 aromatic heterocycles. The molecule has 1 saturated carbocycles. The first-order valence-corrected chi connectivity index (χ1v) is 9.82. The van der Waals surface area contributed by atoms with Gasteiger partial charge in [-0.2, -0.15) is 0 Å². The Morgan fingerprint density at radius 2 is 1.96 bits per heavy atom. The van der Waals surface area contributed by atoms with Crippen LogP contribution in [-0.2, 0) is 4.79 Å². The van der Waals surface area contributed by atoms with E-state index in [1.54, 1.807) is 0 Å². The van der Waals surface area contributed by atoms with Crippen LogP contribution < -0.4 is 4.90 Å². The number of nitrogens with zero attached hydrogens (tertiary/aromatic N) is 3. The van der Waals surface area contributed by atoms with Gasteiger partial charge in [0.2, 0.25) is 6.41 Å². The van der Waals surface area contributed by atoms with Crippen LogP contribution in [-0.4, -0.2) is 42.0 Å². The fourth-order valence-corrected chi connectivity index (χ4v) is 3.85. The number of piperidine rings is 1. The predicted octanol–water partition coefficient (Wildman–Crippen LogP) is 4.39. The van der Waals surface area contributed by atoms with Gasteiger partial charge in [0.15, 0.2) is 11.6 Å². The van der Waals surface area contributed by atoms with E-state index in [0.29, 0.717) is 12.0 Å². The van der Waals surface area contributed by atoms with E-state index in [4.69, 9.17) is 0 Å². The number of aromatic nitrogens is 1. The van der Waals surface area contributed by atoms with Crippen LogP contribution in [0.15, 0.2) is 12.3 Å². The minimum absolute atomic E-state index is 0.281. The van der Waals surface area contributed by atoms with Crippen LogP contribution in [0.25, 0.3) is 0 Å². The molecule has 1 amide bonds. The summed E-state index contributed by atoms with van der Waals surface area (Å²) in [6.07, 6.45) is 10.7. The minimum atomic E-state index is -0.624. The lowest BCUT2D eigenvalue weighted by atomic mass is 9.94. The van der Waals surface area contributed by atoms with E-state index in [2.05, 4.69) is 11.9 Å². The summed E-state index contributed by atoms with van der Waals surface area (Å²) in [4.78, 5) is 18.2. The lowest BCUT2D eigenvalue weighted by molar-refractivity contribution is -0.120. The van der Waals surface area contributed by atoms with E-state index >= 15 is 0 Å². The summed E-state index contributed by atoms with van der Waals surface area (Å²) in [5.41, 5.74) is 0. The largest absolute Gasteiger partial charge is 0.354 e. The maximum atomic E-state index is 13.4. The van der Waals surface area contributed by atoms with Crippen LogP contribution in [0, 0.1) is 17.6 Å². The quantitative estimate of drug-likeness (QED) is 0.741. The lowest BCUT2D eigenvalue weighted by Crippen LogP contribution is -2.35. The maximum absolute atomic E-state index is 13.4. The Kier molecular flexibility index (Phi) is 8.26. The summed E-state index contributed by atoms with van der Waals surface area (Å²) in [7, 11) is 0. The molecule has 4 nitrogen and oxygen atoms in total. The third-order valence-corrected chi connectivity index (χ3v) is 5.29. The number of carbonyl (C=O) groups excluding carboxylic acids is 1. The molecule has 146 valence electrons. The van der Waals surface area contributed by atoms with Gasteiger partial charge in [0, 0.05) is 31.7 Å². The Morgan fingerprint density at radius 1 is 1.23 bits per heavy atom. The molecule has 1 aliphatic carbocycles. The van der Waals surface area contributed by atoms with Gasteiger partial charge in [-0.3, -0.25) is 4.79 Å². The summed E-state index contributed by atoms with van der Waals surface area (Å²) >= 11 is 0. The Morgan fingerprint density at radius 3 is 2.54 bits per heavy atom. The highest BCUT2D eigenvalue weighted by Gasteiger charge is 2.20. The molecule has 0 spiro atoms. The Balaban J connectivity index is 0.000000197. The van der Waals surface area contributed by atoms with Crippen LogP contribution in [0.3, 0.4) is 0 Å². The molecule has 3 rings (SSSR count). The van der Waals surface area contributed by atoms with E-state index in [1.807, 2.05) is 16.7 Å². The second-order valence-corrected chi connectivity index (χ2v) is 7.38. The molecular weight excluding hydrogens is 336 g/mol. The molecule has 0 radical (unpaired) electrons. The van der Waals surface area contributed by atoms with Crippen molar-refractivity contribution >= 4 is 12.2 Å². The zero-order valence-corrected chi connectivity index (χ0v) is 16.0. The summed E-state index contributed by atoms with van der Waals surface area (Å²) in [6, 6.07) is 1.44. The van der Waals surface area contributed by atoms with E-state index < -0.39 is 11.6 Å². The monoisotopic (exact) mass is 367 g/mol. The van der Waals surface area contributed by atoms with E-state index in [1.165, 1.54) is 38.5 Å². The molecule has 26 heavy (non-hydrogen) atoms. The number of rotatable bonds is 4. The summed E-state index contributed by atoms with van der Waals surface area (Å²) in [5, 5.41) is 0. The second-order valence-electron chi connectivity index (χ2n) is 7.38. The van der Waals surface area contributed by atoms with Crippen molar-refractivity contribution in [1.29, 1.82) is 0 Å². The topological polar surface area (TPSA) is 36.4 Å². The summed E-state index contributed by atoms with van der Waals surface area (Å²) in [5.74, 6) is -0.363. The van der Waals surface area contributed by atoms with E-state index in [0.717, 1.165) is 44.7 Å². The van der Waals surface area contributed by atoms with Crippen molar-refractivity contribution in [3.05, 3.63) is 23.9 Å². The zero-order valence-electron chi connectivity index (χ0n) is 16.0. The Labute approximate surface area is 155 Å². The molecule has 1 atom stereocenters. The second kappa shape index (κ2) is 10.4. The first-order chi connectivity index (χ1) is 12.5. The van der Waals surface area contributed by atoms with Crippen molar-refractivity contribution < 1.29 is 13.6 Å². The predicted molar refractivity (Wildman–Crippen MR) is 100 cm³/mol. The number of halogens is 2. The fraction of sp³-hybridized carbons (Fsp3) is 0.700. The smallest absolute Gasteiger partial charge is 0.209 e. The van der Waals surface area contributed by atoms with Crippen LogP contribution >= 0.6 is 0 Å². The summed E-state index contributed by atoms with van der Waals surface area (Å²) < 4.78 is 26.1. The standard InChI is InChI=1S/C11H14F2N2.C9H17NO/c1-8-3-2-4-15(7-8)11-10(13)5-9(12)6-14-11;1-2-10(8-11)9-6-4-3-5-7-9/h5-6,8H,2-4,7H2,1H3;8-9H,2-7H2,1H3. The lowest BCUT2D eigenvalue weighted by Gasteiger charge is -2.31. The molecule has 1 aliphatic heterocycles. The van der Waals surface area contributed by atoms with Gasteiger partial charge in [-0.25, -0.2) is 13.8 Å². The van der Waals surface area contributed by atoms with Crippen molar-refractivity contribution in [2.75, 3.05) is 24.5 Å². The molecule has 6 heteroatoms. The van der Waals surface area contributed by atoms with Crippen LogP contribution in [0.2, 0.25) is 0 Å². The van der Waals surface area contributed by atoms with Crippen molar-refractivity contribution in [1.82, 2.24) is 9.88 Å². The number of hydrogen-bond donors (Lipinski definition) is 0. The van der Waals surface area contributed by atoms with Crippen molar-refractivity contribution in [3.8, 4) is 0 Å². The summed E-state index contributed by atoms with van der Waals surface area (Å²) in [6.45, 7) is 6.65.